The Morgan fingerprint density at radius 3 is 2.81 bits per heavy atom. The molecule has 21 heavy (non-hydrogen) atoms. The monoisotopic (exact) mass is 348 g/mol. The first-order chi connectivity index (χ1) is 10.1. The Kier molecular flexibility index (Phi) is 4.01. The number of urea groups is 1. The molecule has 1 unspecified atom stereocenters. The van der Waals surface area contributed by atoms with Crippen LogP contribution in [0.3, 0.4) is 0 Å². The third kappa shape index (κ3) is 3.13. The molecule has 2 amide bonds. The van der Waals surface area contributed by atoms with Gasteiger partial charge in [-0.2, -0.15) is 0 Å². The van der Waals surface area contributed by atoms with Gasteiger partial charge in [-0.1, -0.05) is 28.1 Å². The lowest BCUT2D eigenvalue weighted by atomic mass is 10.1. The van der Waals surface area contributed by atoms with E-state index in [1.54, 1.807) is 4.90 Å². The van der Waals surface area contributed by atoms with Crippen LogP contribution in [0.15, 0.2) is 40.9 Å². The van der Waals surface area contributed by atoms with Gasteiger partial charge in [0.1, 0.15) is 5.75 Å². The van der Waals surface area contributed by atoms with Crippen LogP contribution in [-0.2, 0) is 0 Å². The highest BCUT2D eigenvalue weighted by Crippen LogP contribution is 2.24. The van der Waals surface area contributed by atoms with Crippen molar-refractivity contribution in [3.8, 4) is 5.75 Å². The topological polar surface area (TPSA) is 41.6 Å². The van der Waals surface area contributed by atoms with Crippen molar-refractivity contribution in [3.05, 3.63) is 40.9 Å². The van der Waals surface area contributed by atoms with Crippen molar-refractivity contribution >= 4 is 32.7 Å². The van der Waals surface area contributed by atoms with Gasteiger partial charge >= 0.3 is 6.03 Å². The summed E-state index contributed by atoms with van der Waals surface area (Å²) in [7, 11) is 1.82. The van der Waals surface area contributed by atoms with E-state index in [2.05, 4.69) is 39.4 Å². The molecule has 2 aromatic carbocycles. The zero-order chi connectivity index (χ0) is 14.8. The van der Waals surface area contributed by atoms with Crippen molar-refractivity contribution in [1.29, 1.82) is 0 Å². The van der Waals surface area contributed by atoms with E-state index in [0.29, 0.717) is 13.2 Å². The van der Waals surface area contributed by atoms with Gasteiger partial charge in [-0.05, 0) is 35.0 Å². The lowest BCUT2D eigenvalue weighted by Crippen LogP contribution is -2.31. The highest BCUT2D eigenvalue weighted by Gasteiger charge is 2.26. The van der Waals surface area contributed by atoms with Crippen molar-refractivity contribution in [3.63, 3.8) is 0 Å². The lowest BCUT2D eigenvalue weighted by Gasteiger charge is -2.17. The summed E-state index contributed by atoms with van der Waals surface area (Å²) in [5, 5.41) is 5.16. The molecule has 3 rings (SSSR count). The number of carbonyl (C=O) groups is 1. The van der Waals surface area contributed by atoms with Crippen molar-refractivity contribution in [1.82, 2.24) is 10.2 Å². The fourth-order valence-corrected chi connectivity index (χ4v) is 2.90. The van der Waals surface area contributed by atoms with E-state index in [-0.39, 0.29) is 12.1 Å². The number of hydrogen-bond donors (Lipinski definition) is 1. The predicted octanol–water partition coefficient (Wildman–Crippen LogP) is 3.39. The van der Waals surface area contributed by atoms with Gasteiger partial charge in [-0.25, -0.2) is 4.79 Å². The number of fused-ring (bicyclic) bond motifs is 1. The van der Waals surface area contributed by atoms with E-state index >= 15 is 0 Å². The van der Waals surface area contributed by atoms with Gasteiger partial charge in [0, 0.05) is 24.5 Å². The summed E-state index contributed by atoms with van der Waals surface area (Å²) in [6.07, 6.45) is 0.827. The molecule has 0 aliphatic carbocycles. The molecule has 0 saturated carbocycles. The molecule has 1 fully saturated rings. The van der Waals surface area contributed by atoms with Crippen molar-refractivity contribution < 1.29 is 9.53 Å². The molecule has 1 aliphatic heterocycles. The van der Waals surface area contributed by atoms with E-state index < -0.39 is 0 Å². The SMILES string of the molecule is CN1C(=O)NCC1CCOc1ccc2cc(Br)ccc2c1. The smallest absolute Gasteiger partial charge is 0.317 e. The van der Waals surface area contributed by atoms with Crippen LogP contribution >= 0.6 is 15.9 Å². The molecule has 1 heterocycles. The summed E-state index contributed by atoms with van der Waals surface area (Å²) in [4.78, 5) is 13.1. The third-order valence-corrected chi connectivity index (χ3v) is 4.34. The van der Waals surface area contributed by atoms with Crippen LogP contribution in [0.25, 0.3) is 10.8 Å². The molecule has 1 N–H and O–H groups in total. The van der Waals surface area contributed by atoms with Crippen molar-refractivity contribution in [2.24, 2.45) is 0 Å². The molecule has 0 spiro atoms. The third-order valence-electron chi connectivity index (χ3n) is 3.85. The zero-order valence-corrected chi connectivity index (χ0v) is 13.4. The highest BCUT2D eigenvalue weighted by atomic mass is 79.9. The number of carbonyl (C=O) groups excluding carboxylic acids is 1. The fourth-order valence-electron chi connectivity index (χ4n) is 2.53. The van der Waals surface area contributed by atoms with Gasteiger partial charge in [0.25, 0.3) is 0 Å². The molecule has 1 saturated heterocycles. The Labute approximate surface area is 132 Å². The van der Waals surface area contributed by atoms with Crippen LogP contribution in [0.1, 0.15) is 6.42 Å². The van der Waals surface area contributed by atoms with Crippen LogP contribution in [0.4, 0.5) is 4.79 Å². The van der Waals surface area contributed by atoms with Crippen LogP contribution in [0, 0.1) is 0 Å². The Morgan fingerprint density at radius 2 is 2.05 bits per heavy atom. The van der Waals surface area contributed by atoms with Crippen molar-refractivity contribution in [2.75, 3.05) is 20.2 Å². The number of nitrogens with one attached hydrogen (secondary N) is 1. The molecule has 1 aliphatic rings. The van der Waals surface area contributed by atoms with Crippen LogP contribution in [-0.4, -0.2) is 37.2 Å². The number of ether oxygens (including phenoxy) is 1. The second-order valence-corrected chi connectivity index (χ2v) is 6.16. The molecule has 0 radical (unpaired) electrons. The molecule has 2 aromatic rings. The summed E-state index contributed by atoms with van der Waals surface area (Å²) in [5.41, 5.74) is 0. The molecule has 0 bridgehead atoms. The Morgan fingerprint density at radius 1 is 1.29 bits per heavy atom. The molecule has 110 valence electrons. The van der Waals surface area contributed by atoms with E-state index in [9.17, 15) is 4.79 Å². The first-order valence-electron chi connectivity index (χ1n) is 6.96. The largest absolute Gasteiger partial charge is 0.493 e. The average molecular weight is 349 g/mol. The first kappa shape index (κ1) is 14.2. The second-order valence-electron chi connectivity index (χ2n) is 5.24. The second kappa shape index (κ2) is 5.93. The maximum Gasteiger partial charge on any atom is 0.317 e. The number of hydrogen-bond acceptors (Lipinski definition) is 2. The van der Waals surface area contributed by atoms with E-state index in [4.69, 9.17) is 4.74 Å². The predicted molar refractivity (Wildman–Crippen MR) is 86.7 cm³/mol. The van der Waals surface area contributed by atoms with Gasteiger partial charge in [0.05, 0.1) is 12.6 Å². The fraction of sp³-hybridized carbons (Fsp3) is 0.312. The van der Waals surface area contributed by atoms with Crippen LogP contribution in [0.2, 0.25) is 0 Å². The summed E-state index contributed by atoms with van der Waals surface area (Å²) >= 11 is 3.47. The molecular weight excluding hydrogens is 332 g/mol. The summed E-state index contributed by atoms with van der Waals surface area (Å²) in [6, 6.07) is 12.5. The number of amides is 2. The Bertz CT molecular complexity index is 674. The molecule has 0 aromatic heterocycles. The van der Waals surface area contributed by atoms with E-state index in [1.807, 2.05) is 25.2 Å². The van der Waals surface area contributed by atoms with E-state index in [1.165, 1.54) is 5.39 Å². The molecule has 4 nitrogen and oxygen atoms in total. The quantitative estimate of drug-likeness (QED) is 0.919. The Hall–Kier alpha value is -1.75. The highest BCUT2D eigenvalue weighted by molar-refractivity contribution is 9.10. The summed E-state index contributed by atoms with van der Waals surface area (Å²) in [6.45, 7) is 1.30. The van der Waals surface area contributed by atoms with Gasteiger partial charge < -0.3 is 15.0 Å². The number of halogens is 1. The molecular formula is C16H17BrN2O2. The maximum atomic E-state index is 11.4. The van der Waals surface area contributed by atoms with Gasteiger partial charge in [0.2, 0.25) is 0 Å². The molecule has 1 atom stereocenters. The minimum absolute atomic E-state index is 0.00344. The number of rotatable bonds is 4. The summed E-state index contributed by atoms with van der Waals surface area (Å²) in [5.74, 6) is 0.866. The van der Waals surface area contributed by atoms with E-state index in [0.717, 1.165) is 22.0 Å². The molecule has 5 heteroatoms. The lowest BCUT2D eigenvalue weighted by molar-refractivity contribution is 0.206. The minimum atomic E-state index is -0.00344. The number of likely N-dealkylation sites (N-methyl/N-ethyl adjacent to an activating group) is 1. The van der Waals surface area contributed by atoms with Gasteiger partial charge in [0.15, 0.2) is 0 Å². The average Bonchev–Trinajstić information content (AvgIpc) is 2.79. The standard InChI is InChI=1S/C16H17BrN2O2/c1-19-14(10-18-16(19)20)6-7-21-15-5-3-11-8-13(17)4-2-12(11)9-15/h2-5,8-9,14H,6-7,10H2,1H3,(H,18,20). The van der Waals surface area contributed by atoms with Crippen LogP contribution < -0.4 is 10.1 Å². The van der Waals surface area contributed by atoms with Gasteiger partial charge in [-0.3, -0.25) is 0 Å². The Balaban J connectivity index is 1.60. The number of nitrogens with zero attached hydrogens (tertiary/aromatic N) is 1. The maximum absolute atomic E-state index is 11.4. The van der Waals surface area contributed by atoms with Gasteiger partial charge in [-0.15, -0.1) is 0 Å². The van der Waals surface area contributed by atoms with Crippen molar-refractivity contribution in [2.45, 2.75) is 12.5 Å². The number of benzene rings is 2. The zero-order valence-electron chi connectivity index (χ0n) is 11.8. The minimum Gasteiger partial charge on any atom is -0.493 e. The normalized spacial score (nSPS) is 18.1. The summed E-state index contributed by atoms with van der Waals surface area (Å²) < 4.78 is 6.89. The van der Waals surface area contributed by atoms with Crippen LogP contribution in [0.5, 0.6) is 5.75 Å². The first-order valence-corrected chi connectivity index (χ1v) is 7.75.